The predicted octanol–water partition coefficient (Wildman–Crippen LogP) is 4.12. The number of nitrogens with one attached hydrogen (secondary N) is 1. The highest BCUT2D eigenvalue weighted by atomic mass is 79.9. The third-order valence-corrected chi connectivity index (χ3v) is 3.16. The van der Waals surface area contributed by atoms with Gasteiger partial charge in [0.25, 0.3) is 0 Å². The van der Waals surface area contributed by atoms with E-state index < -0.39 is 0 Å². The summed E-state index contributed by atoms with van der Waals surface area (Å²) in [5.74, 6) is 0.902. The molecular formula is C13H10BrClN2O. The van der Waals surface area contributed by atoms with Crippen molar-refractivity contribution in [3.8, 4) is 17.1 Å². The van der Waals surface area contributed by atoms with Crippen molar-refractivity contribution in [3.05, 3.63) is 47.2 Å². The predicted molar refractivity (Wildman–Crippen MR) is 78.1 cm³/mol. The Balaban J connectivity index is 0.00000120. The van der Waals surface area contributed by atoms with Gasteiger partial charge in [0.05, 0.1) is 5.56 Å². The van der Waals surface area contributed by atoms with Gasteiger partial charge in [-0.05, 0) is 35.0 Å². The van der Waals surface area contributed by atoms with Gasteiger partial charge < -0.3 is 10.1 Å². The van der Waals surface area contributed by atoms with Crippen molar-refractivity contribution < 1.29 is 5.11 Å². The molecule has 0 aliphatic rings. The fourth-order valence-electron chi connectivity index (χ4n) is 1.86. The van der Waals surface area contributed by atoms with Gasteiger partial charge in [0.2, 0.25) is 0 Å². The number of rotatable bonds is 1. The van der Waals surface area contributed by atoms with Gasteiger partial charge in [0.15, 0.2) is 0 Å². The van der Waals surface area contributed by atoms with E-state index >= 15 is 0 Å². The topological polar surface area (TPSA) is 48.9 Å². The van der Waals surface area contributed by atoms with E-state index in [0.717, 1.165) is 15.2 Å². The number of phenolic OH excluding ortho intramolecular Hbond substituents is 1. The highest BCUT2D eigenvalue weighted by molar-refractivity contribution is 9.10. The summed E-state index contributed by atoms with van der Waals surface area (Å²) < 4.78 is 1.01. The molecule has 5 heteroatoms. The highest BCUT2D eigenvalue weighted by Crippen LogP contribution is 2.32. The number of phenols is 1. The summed E-state index contributed by atoms with van der Waals surface area (Å²) in [7, 11) is 0. The van der Waals surface area contributed by atoms with E-state index in [2.05, 4.69) is 25.9 Å². The molecule has 3 nitrogen and oxygen atoms in total. The van der Waals surface area contributed by atoms with E-state index in [9.17, 15) is 5.11 Å². The first-order valence-corrected chi connectivity index (χ1v) is 5.95. The van der Waals surface area contributed by atoms with Gasteiger partial charge in [-0.15, -0.1) is 12.4 Å². The van der Waals surface area contributed by atoms with E-state index in [1.54, 1.807) is 18.5 Å². The first kappa shape index (κ1) is 12.9. The summed E-state index contributed by atoms with van der Waals surface area (Å²) in [5, 5.41) is 12.0. The first-order valence-electron chi connectivity index (χ1n) is 5.16. The lowest BCUT2D eigenvalue weighted by Gasteiger charge is -2.05. The molecule has 0 bridgehead atoms. The summed E-state index contributed by atoms with van der Waals surface area (Å²) in [6.45, 7) is 0. The van der Waals surface area contributed by atoms with Crippen LogP contribution in [0.3, 0.4) is 0 Å². The molecule has 2 N–H and O–H groups in total. The fourth-order valence-corrected chi connectivity index (χ4v) is 2.24. The minimum atomic E-state index is 0. The molecule has 0 spiro atoms. The molecule has 0 radical (unpaired) electrons. The Hall–Kier alpha value is -1.52. The Morgan fingerprint density at radius 2 is 1.94 bits per heavy atom. The zero-order valence-electron chi connectivity index (χ0n) is 9.22. The lowest BCUT2D eigenvalue weighted by molar-refractivity contribution is 0.478. The first-order chi connectivity index (χ1) is 8.24. The van der Waals surface area contributed by atoms with Crippen molar-refractivity contribution in [3.63, 3.8) is 0 Å². The number of H-pyrrole nitrogens is 1. The van der Waals surface area contributed by atoms with Gasteiger partial charge in [0, 0.05) is 16.9 Å². The minimum absolute atomic E-state index is 0. The fraction of sp³-hybridized carbons (Fsp3) is 0. The van der Waals surface area contributed by atoms with Crippen LogP contribution in [0.4, 0.5) is 0 Å². The van der Waals surface area contributed by atoms with Crippen molar-refractivity contribution in [2.75, 3.05) is 0 Å². The van der Waals surface area contributed by atoms with Crippen molar-refractivity contribution >= 4 is 39.1 Å². The summed E-state index contributed by atoms with van der Waals surface area (Å²) >= 11 is 3.44. The number of nitrogens with zero attached hydrogens (tertiary/aromatic N) is 1. The molecule has 0 fully saturated rings. The summed E-state index contributed by atoms with van der Waals surface area (Å²) in [4.78, 5) is 7.14. The van der Waals surface area contributed by atoms with Gasteiger partial charge in [-0.2, -0.15) is 0 Å². The maximum Gasteiger partial charge on any atom is 0.141 e. The smallest absolute Gasteiger partial charge is 0.141 e. The number of halogens is 2. The van der Waals surface area contributed by atoms with E-state index in [1.165, 1.54) is 0 Å². The van der Waals surface area contributed by atoms with Crippen LogP contribution in [0.25, 0.3) is 22.2 Å². The molecule has 92 valence electrons. The van der Waals surface area contributed by atoms with Crippen LogP contribution in [0.5, 0.6) is 5.75 Å². The molecule has 18 heavy (non-hydrogen) atoms. The number of hydrogen-bond acceptors (Lipinski definition) is 2. The van der Waals surface area contributed by atoms with Crippen LogP contribution in [0.15, 0.2) is 47.2 Å². The monoisotopic (exact) mass is 324 g/mol. The Morgan fingerprint density at radius 1 is 1.11 bits per heavy atom. The Morgan fingerprint density at radius 3 is 2.67 bits per heavy atom. The molecule has 0 aliphatic carbocycles. The third kappa shape index (κ3) is 2.21. The number of fused-ring (bicyclic) bond motifs is 1. The van der Waals surface area contributed by atoms with Crippen molar-refractivity contribution in [1.82, 2.24) is 9.97 Å². The largest absolute Gasteiger partial charge is 0.507 e. The number of hydrogen-bond donors (Lipinski definition) is 2. The summed E-state index contributed by atoms with van der Waals surface area (Å²) in [6.07, 6.45) is 3.40. The molecule has 0 unspecified atom stereocenters. The number of aromatic amines is 1. The van der Waals surface area contributed by atoms with E-state index in [-0.39, 0.29) is 18.2 Å². The number of benzene rings is 2. The summed E-state index contributed by atoms with van der Waals surface area (Å²) in [5.41, 5.74) is 0.709. The van der Waals surface area contributed by atoms with E-state index in [4.69, 9.17) is 0 Å². The lowest BCUT2D eigenvalue weighted by Crippen LogP contribution is -1.83. The lowest BCUT2D eigenvalue weighted by atomic mass is 10.1. The molecule has 0 saturated heterocycles. The van der Waals surface area contributed by atoms with Gasteiger partial charge in [-0.1, -0.05) is 22.0 Å². The van der Waals surface area contributed by atoms with Crippen LogP contribution in [0.2, 0.25) is 0 Å². The number of aromatic hydroxyl groups is 1. The third-order valence-electron chi connectivity index (χ3n) is 2.67. The van der Waals surface area contributed by atoms with Gasteiger partial charge in [-0.3, -0.25) is 0 Å². The minimum Gasteiger partial charge on any atom is -0.507 e. The summed E-state index contributed by atoms with van der Waals surface area (Å²) in [6, 6.07) is 9.61. The quantitative estimate of drug-likeness (QED) is 0.707. The maximum absolute atomic E-state index is 9.98. The van der Waals surface area contributed by atoms with Gasteiger partial charge >= 0.3 is 0 Å². The average molecular weight is 326 g/mol. The van der Waals surface area contributed by atoms with E-state index in [0.29, 0.717) is 11.4 Å². The van der Waals surface area contributed by atoms with Crippen LogP contribution in [-0.4, -0.2) is 15.1 Å². The van der Waals surface area contributed by atoms with Crippen LogP contribution < -0.4 is 0 Å². The van der Waals surface area contributed by atoms with E-state index in [1.807, 2.05) is 24.3 Å². The Kier molecular flexibility index (Phi) is 3.59. The van der Waals surface area contributed by atoms with Crippen LogP contribution in [0, 0.1) is 0 Å². The number of imidazole rings is 1. The molecular weight excluding hydrogens is 316 g/mol. The van der Waals surface area contributed by atoms with Crippen molar-refractivity contribution in [1.29, 1.82) is 0 Å². The van der Waals surface area contributed by atoms with Gasteiger partial charge in [0.1, 0.15) is 11.6 Å². The second-order valence-electron chi connectivity index (χ2n) is 3.80. The molecule has 1 heterocycles. The van der Waals surface area contributed by atoms with Crippen molar-refractivity contribution in [2.24, 2.45) is 0 Å². The molecule has 0 amide bonds. The molecule has 0 atom stereocenters. The Labute approximate surface area is 118 Å². The zero-order chi connectivity index (χ0) is 11.8. The normalized spacial score (nSPS) is 10.3. The zero-order valence-corrected chi connectivity index (χ0v) is 11.6. The second-order valence-corrected chi connectivity index (χ2v) is 4.71. The SMILES string of the molecule is Cl.Oc1cc2ccc(Br)cc2cc1-c1ncc[nH]1. The highest BCUT2D eigenvalue weighted by Gasteiger charge is 2.08. The van der Waals surface area contributed by atoms with Crippen LogP contribution in [0.1, 0.15) is 0 Å². The Bertz CT molecular complexity index is 683. The van der Waals surface area contributed by atoms with Crippen LogP contribution >= 0.6 is 28.3 Å². The van der Waals surface area contributed by atoms with Gasteiger partial charge in [-0.25, -0.2) is 4.98 Å². The molecule has 3 rings (SSSR count). The molecule has 2 aromatic carbocycles. The maximum atomic E-state index is 9.98. The standard InChI is InChI=1S/C13H9BrN2O.ClH/c14-10-2-1-8-7-12(17)11(6-9(8)5-10)13-15-3-4-16-13;/h1-7,17H,(H,15,16);1H. The molecule has 0 aliphatic heterocycles. The molecule has 1 aromatic heterocycles. The van der Waals surface area contributed by atoms with Crippen LogP contribution in [-0.2, 0) is 0 Å². The number of aromatic nitrogens is 2. The van der Waals surface area contributed by atoms with Crippen molar-refractivity contribution in [2.45, 2.75) is 0 Å². The average Bonchev–Trinajstić information content (AvgIpc) is 2.82. The molecule has 3 aromatic rings. The molecule has 0 saturated carbocycles. The second kappa shape index (κ2) is 5.00.